The Balaban J connectivity index is 3.27. The molecule has 7 heteroatoms. The summed E-state index contributed by atoms with van der Waals surface area (Å²) in [6.45, 7) is 10.1. The molecule has 1 rings (SSSR count). The maximum Gasteiger partial charge on any atom is 0.424 e. The first-order valence-corrected chi connectivity index (χ1v) is 8.06. The van der Waals surface area contributed by atoms with Gasteiger partial charge in [-0.25, -0.2) is 14.4 Å². The van der Waals surface area contributed by atoms with Crippen LogP contribution in [0.25, 0.3) is 6.08 Å². The van der Waals surface area contributed by atoms with Crippen molar-refractivity contribution in [2.75, 3.05) is 4.90 Å². The van der Waals surface area contributed by atoms with Crippen molar-refractivity contribution in [1.82, 2.24) is 0 Å². The average Bonchev–Trinajstić information content (AvgIpc) is 2.41. The van der Waals surface area contributed by atoms with Crippen LogP contribution in [0.4, 0.5) is 15.3 Å². The fourth-order valence-electron chi connectivity index (χ4n) is 1.84. The van der Waals surface area contributed by atoms with Crippen LogP contribution in [-0.2, 0) is 14.3 Å². The number of nitrogens with zero attached hydrogens (tertiary/aromatic N) is 1. The van der Waals surface area contributed by atoms with Crippen LogP contribution in [0.3, 0.4) is 0 Å². The molecular weight excluding hydrogens is 338 g/mol. The zero-order chi connectivity index (χ0) is 20.1. The molecule has 0 saturated carbocycles. The molecule has 0 atom stereocenters. The van der Waals surface area contributed by atoms with E-state index in [0.717, 1.165) is 11.0 Å². The van der Waals surface area contributed by atoms with Gasteiger partial charge in [0.25, 0.3) is 0 Å². The highest BCUT2D eigenvalue weighted by atomic mass is 16.6. The number of aliphatic carboxylic acids is 1. The summed E-state index contributed by atoms with van der Waals surface area (Å²) in [7, 11) is 0. The average molecular weight is 363 g/mol. The molecule has 0 radical (unpaired) electrons. The van der Waals surface area contributed by atoms with Gasteiger partial charge in [-0.05, 0) is 65.3 Å². The SMILES string of the molecule is CC(C)(C)OC(=O)N(C(=O)OC(C)(C)C)c1cccc(C=CC(=O)O)c1. The quantitative estimate of drug-likeness (QED) is 0.797. The van der Waals surface area contributed by atoms with E-state index >= 15 is 0 Å². The Hall–Kier alpha value is -2.83. The molecule has 142 valence electrons. The molecule has 2 amide bonds. The second-order valence-electron chi connectivity index (χ2n) is 7.56. The molecule has 0 saturated heterocycles. The molecule has 0 bridgehead atoms. The lowest BCUT2D eigenvalue weighted by molar-refractivity contribution is -0.131. The third-order valence-corrected chi connectivity index (χ3v) is 2.70. The van der Waals surface area contributed by atoms with E-state index in [1.807, 2.05) is 0 Å². The lowest BCUT2D eigenvalue weighted by atomic mass is 10.1. The summed E-state index contributed by atoms with van der Waals surface area (Å²) >= 11 is 0. The number of carboxylic acid groups (broad SMARTS) is 1. The van der Waals surface area contributed by atoms with Gasteiger partial charge in [0.15, 0.2) is 0 Å². The van der Waals surface area contributed by atoms with E-state index in [1.165, 1.54) is 18.2 Å². The minimum Gasteiger partial charge on any atom is -0.478 e. The van der Waals surface area contributed by atoms with Crippen LogP contribution < -0.4 is 4.90 Å². The van der Waals surface area contributed by atoms with Crippen molar-refractivity contribution in [2.45, 2.75) is 52.7 Å². The number of hydrogen-bond donors (Lipinski definition) is 1. The second-order valence-corrected chi connectivity index (χ2v) is 7.56. The molecular formula is C19H25NO6. The number of rotatable bonds is 3. The van der Waals surface area contributed by atoms with Crippen molar-refractivity contribution in [3.05, 3.63) is 35.9 Å². The number of imide groups is 1. The third-order valence-electron chi connectivity index (χ3n) is 2.70. The molecule has 0 heterocycles. The highest BCUT2D eigenvalue weighted by Gasteiger charge is 2.32. The summed E-state index contributed by atoms with van der Waals surface area (Å²) in [6.07, 6.45) is 0.552. The summed E-state index contributed by atoms with van der Waals surface area (Å²) in [5.74, 6) is -1.11. The van der Waals surface area contributed by atoms with Crippen molar-refractivity contribution >= 4 is 29.9 Å². The molecule has 1 aromatic rings. The van der Waals surface area contributed by atoms with Crippen molar-refractivity contribution in [1.29, 1.82) is 0 Å². The van der Waals surface area contributed by atoms with Crippen LogP contribution in [0, 0.1) is 0 Å². The van der Waals surface area contributed by atoms with Gasteiger partial charge in [0.1, 0.15) is 11.2 Å². The molecule has 7 nitrogen and oxygen atoms in total. The highest BCUT2D eigenvalue weighted by Crippen LogP contribution is 2.23. The van der Waals surface area contributed by atoms with Gasteiger partial charge in [0.05, 0.1) is 5.69 Å². The van der Waals surface area contributed by atoms with Gasteiger partial charge >= 0.3 is 18.2 Å². The van der Waals surface area contributed by atoms with E-state index in [4.69, 9.17) is 14.6 Å². The molecule has 0 unspecified atom stereocenters. The predicted molar refractivity (Wildman–Crippen MR) is 98.1 cm³/mol. The lowest BCUT2D eigenvalue weighted by Gasteiger charge is -2.28. The number of carbonyl (C=O) groups excluding carboxylic acids is 2. The maximum atomic E-state index is 12.6. The summed E-state index contributed by atoms with van der Waals surface area (Å²) < 4.78 is 10.6. The third kappa shape index (κ3) is 7.38. The van der Waals surface area contributed by atoms with Crippen LogP contribution >= 0.6 is 0 Å². The number of carboxylic acids is 1. The molecule has 1 N–H and O–H groups in total. The van der Waals surface area contributed by atoms with E-state index in [9.17, 15) is 14.4 Å². The van der Waals surface area contributed by atoms with Crippen molar-refractivity contribution in [2.24, 2.45) is 0 Å². The normalized spacial score (nSPS) is 11.9. The van der Waals surface area contributed by atoms with Crippen LogP contribution in [0.1, 0.15) is 47.1 Å². The Kier molecular flexibility index (Phi) is 6.55. The number of amides is 2. The van der Waals surface area contributed by atoms with E-state index in [1.54, 1.807) is 53.7 Å². The number of anilines is 1. The first-order valence-electron chi connectivity index (χ1n) is 8.06. The number of carbonyl (C=O) groups is 3. The van der Waals surface area contributed by atoms with Gasteiger partial charge < -0.3 is 14.6 Å². The summed E-state index contributed by atoms with van der Waals surface area (Å²) in [5.41, 5.74) is -0.904. The van der Waals surface area contributed by atoms with Crippen LogP contribution in [-0.4, -0.2) is 34.5 Å². The summed E-state index contributed by atoms with van der Waals surface area (Å²) in [5, 5.41) is 8.74. The zero-order valence-corrected chi connectivity index (χ0v) is 15.9. The fourth-order valence-corrected chi connectivity index (χ4v) is 1.84. The molecule has 26 heavy (non-hydrogen) atoms. The van der Waals surface area contributed by atoms with E-state index in [0.29, 0.717) is 5.56 Å². The maximum absolute atomic E-state index is 12.6. The largest absolute Gasteiger partial charge is 0.478 e. The van der Waals surface area contributed by atoms with Crippen molar-refractivity contribution in [3.8, 4) is 0 Å². The van der Waals surface area contributed by atoms with Crippen LogP contribution in [0.2, 0.25) is 0 Å². The van der Waals surface area contributed by atoms with Gasteiger partial charge in [-0.15, -0.1) is 0 Å². The Morgan fingerprint density at radius 2 is 1.46 bits per heavy atom. The van der Waals surface area contributed by atoms with E-state index in [-0.39, 0.29) is 5.69 Å². The standard InChI is InChI=1S/C19H25NO6/c1-18(2,3)25-16(23)20(17(24)26-19(4,5)6)14-9-7-8-13(12-14)10-11-15(21)22/h7-12H,1-6H3,(H,21,22). The van der Waals surface area contributed by atoms with Crippen LogP contribution in [0.5, 0.6) is 0 Å². The molecule has 0 aliphatic rings. The Morgan fingerprint density at radius 1 is 0.962 bits per heavy atom. The number of benzene rings is 1. The van der Waals surface area contributed by atoms with Gasteiger partial charge in [-0.2, -0.15) is 4.90 Å². The lowest BCUT2D eigenvalue weighted by Crippen LogP contribution is -2.43. The van der Waals surface area contributed by atoms with Gasteiger partial charge in [0.2, 0.25) is 0 Å². The monoisotopic (exact) mass is 363 g/mol. The fraction of sp³-hybridized carbons (Fsp3) is 0.421. The Morgan fingerprint density at radius 3 is 1.88 bits per heavy atom. The minimum absolute atomic E-state index is 0.209. The zero-order valence-electron chi connectivity index (χ0n) is 15.9. The van der Waals surface area contributed by atoms with E-state index in [2.05, 4.69) is 0 Å². The molecule has 0 aliphatic heterocycles. The predicted octanol–water partition coefficient (Wildman–Crippen LogP) is 4.46. The summed E-state index contributed by atoms with van der Waals surface area (Å²) in [6, 6.07) is 6.27. The number of ether oxygens (including phenoxy) is 2. The van der Waals surface area contributed by atoms with Crippen molar-refractivity contribution in [3.63, 3.8) is 0 Å². The first-order chi connectivity index (χ1) is 11.8. The Bertz CT molecular complexity index is 681. The molecule has 0 spiro atoms. The van der Waals surface area contributed by atoms with Crippen molar-refractivity contribution < 1.29 is 29.0 Å². The first kappa shape index (κ1) is 21.2. The molecule has 0 fully saturated rings. The van der Waals surface area contributed by atoms with Crippen LogP contribution in [0.15, 0.2) is 30.3 Å². The number of hydrogen-bond acceptors (Lipinski definition) is 5. The minimum atomic E-state index is -1.11. The highest BCUT2D eigenvalue weighted by molar-refractivity contribution is 6.09. The second kappa shape index (κ2) is 8.03. The topological polar surface area (TPSA) is 93.1 Å². The van der Waals surface area contributed by atoms with Gasteiger partial charge in [-0.1, -0.05) is 12.1 Å². The smallest absolute Gasteiger partial charge is 0.424 e. The van der Waals surface area contributed by atoms with E-state index < -0.39 is 29.4 Å². The summed E-state index contributed by atoms with van der Waals surface area (Å²) in [4.78, 5) is 36.6. The molecule has 1 aromatic carbocycles. The van der Waals surface area contributed by atoms with Gasteiger partial charge in [0, 0.05) is 6.08 Å². The molecule has 0 aromatic heterocycles. The molecule has 0 aliphatic carbocycles. The Labute approximate surface area is 153 Å². The van der Waals surface area contributed by atoms with Gasteiger partial charge in [-0.3, -0.25) is 0 Å².